The summed E-state index contributed by atoms with van der Waals surface area (Å²) in [6.45, 7) is 3.67. The van der Waals surface area contributed by atoms with Crippen LogP contribution in [-0.4, -0.2) is 11.5 Å². The molecule has 1 aromatic carbocycles. The first-order valence-corrected chi connectivity index (χ1v) is 6.30. The van der Waals surface area contributed by atoms with Gasteiger partial charge in [-0.25, -0.2) is 8.78 Å². The predicted molar refractivity (Wildman–Crippen MR) is 71.6 cm³/mol. The Kier molecular flexibility index (Phi) is 4.58. The van der Waals surface area contributed by atoms with Gasteiger partial charge in [0.2, 0.25) is 0 Å². The van der Waals surface area contributed by atoms with Crippen LogP contribution >= 0.6 is 0 Å². The van der Waals surface area contributed by atoms with E-state index in [1.54, 1.807) is 12.1 Å². The molecule has 19 heavy (non-hydrogen) atoms. The van der Waals surface area contributed by atoms with Crippen molar-refractivity contribution < 1.29 is 8.78 Å². The highest BCUT2D eigenvalue weighted by Gasteiger charge is 2.07. The van der Waals surface area contributed by atoms with Crippen LogP contribution in [0.5, 0.6) is 0 Å². The van der Waals surface area contributed by atoms with Gasteiger partial charge in [-0.2, -0.15) is 0 Å². The summed E-state index contributed by atoms with van der Waals surface area (Å²) >= 11 is 0. The number of halogens is 2. The second-order valence-electron chi connectivity index (χ2n) is 4.38. The normalized spacial score (nSPS) is 10.7. The number of benzene rings is 1. The zero-order valence-electron chi connectivity index (χ0n) is 10.8. The van der Waals surface area contributed by atoms with Crippen molar-refractivity contribution in [3.63, 3.8) is 0 Å². The third-order valence-electron chi connectivity index (χ3n) is 2.80. The van der Waals surface area contributed by atoms with Crippen molar-refractivity contribution in [2.45, 2.75) is 19.9 Å². The second-order valence-corrected chi connectivity index (χ2v) is 4.38. The lowest BCUT2D eigenvalue weighted by molar-refractivity contribution is 0.618. The lowest BCUT2D eigenvalue weighted by atomic mass is 10.0. The maximum absolute atomic E-state index is 13.8. The summed E-state index contributed by atoms with van der Waals surface area (Å²) in [5.74, 6) is -0.835. The number of hydrogen-bond acceptors (Lipinski definition) is 2. The van der Waals surface area contributed by atoms with Crippen molar-refractivity contribution in [3.05, 3.63) is 53.9 Å². The summed E-state index contributed by atoms with van der Waals surface area (Å²) in [7, 11) is 0. The lowest BCUT2D eigenvalue weighted by Gasteiger charge is -2.08. The number of pyridine rings is 1. The van der Waals surface area contributed by atoms with Gasteiger partial charge in [0.05, 0.1) is 6.20 Å². The zero-order valence-corrected chi connectivity index (χ0v) is 10.8. The summed E-state index contributed by atoms with van der Waals surface area (Å²) in [6.07, 6.45) is 3.61. The molecule has 0 amide bonds. The Hall–Kier alpha value is -1.81. The fraction of sp³-hybridized carbons (Fsp3) is 0.267. The van der Waals surface area contributed by atoms with Crippen LogP contribution < -0.4 is 5.32 Å². The Morgan fingerprint density at radius 3 is 2.74 bits per heavy atom. The molecule has 0 spiro atoms. The minimum Gasteiger partial charge on any atom is -0.313 e. The molecule has 2 rings (SSSR count). The third-order valence-corrected chi connectivity index (χ3v) is 2.80. The molecule has 0 aliphatic carbocycles. The number of hydrogen-bond donors (Lipinski definition) is 1. The van der Waals surface area contributed by atoms with Gasteiger partial charge in [-0.3, -0.25) is 4.98 Å². The van der Waals surface area contributed by atoms with Gasteiger partial charge in [-0.1, -0.05) is 13.0 Å². The quantitative estimate of drug-likeness (QED) is 0.834. The van der Waals surface area contributed by atoms with Crippen molar-refractivity contribution in [2.24, 2.45) is 0 Å². The predicted octanol–water partition coefficient (Wildman–Crippen LogP) is 3.53. The highest BCUT2D eigenvalue weighted by Crippen LogP contribution is 2.23. The van der Waals surface area contributed by atoms with Crippen LogP contribution in [0.25, 0.3) is 11.1 Å². The van der Waals surface area contributed by atoms with Gasteiger partial charge in [0.15, 0.2) is 0 Å². The van der Waals surface area contributed by atoms with Crippen LogP contribution in [0.2, 0.25) is 0 Å². The fourth-order valence-corrected chi connectivity index (χ4v) is 1.87. The summed E-state index contributed by atoms with van der Waals surface area (Å²) in [5, 5.41) is 3.25. The Bertz CT molecular complexity index is 556. The van der Waals surface area contributed by atoms with E-state index in [1.165, 1.54) is 18.3 Å². The molecular formula is C15H16F2N2. The molecule has 1 heterocycles. The molecule has 0 saturated heterocycles. The van der Waals surface area contributed by atoms with Gasteiger partial charge < -0.3 is 5.32 Å². The van der Waals surface area contributed by atoms with E-state index in [9.17, 15) is 8.78 Å². The molecule has 100 valence electrons. The standard InChI is InChI=1S/C15H16F2N2/c1-2-5-18-8-11-3-4-15(17)14(6-11)12-7-13(16)10-19-9-12/h3-4,6-7,9-10,18H,2,5,8H2,1H3. The van der Waals surface area contributed by atoms with Crippen molar-refractivity contribution in [1.82, 2.24) is 10.3 Å². The third kappa shape index (κ3) is 3.58. The molecule has 1 N–H and O–H groups in total. The maximum Gasteiger partial charge on any atom is 0.142 e. The van der Waals surface area contributed by atoms with Gasteiger partial charge in [0.1, 0.15) is 11.6 Å². The molecule has 0 aliphatic rings. The summed E-state index contributed by atoms with van der Waals surface area (Å²) < 4.78 is 26.9. The highest BCUT2D eigenvalue weighted by atomic mass is 19.1. The molecule has 0 unspecified atom stereocenters. The van der Waals surface area contributed by atoms with Gasteiger partial charge in [0, 0.05) is 23.9 Å². The largest absolute Gasteiger partial charge is 0.313 e. The summed E-state index contributed by atoms with van der Waals surface area (Å²) in [6, 6.07) is 6.15. The highest BCUT2D eigenvalue weighted by molar-refractivity contribution is 5.64. The SMILES string of the molecule is CCCNCc1ccc(F)c(-c2cncc(F)c2)c1. The average Bonchev–Trinajstić information content (AvgIpc) is 2.41. The van der Waals surface area contributed by atoms with Crippen LogP contribution in [0.3, 0.4) is 0 Å². The molecule has 2 nitrogen and oxygen atoms in total. The molecule has 0 bridgehead atoms. The first-order chi connectivity index (χ1) is 9.20. The van der Waals surface area contributed by atoms with Gasteiger partial charge in [-0.15, -0.1) is 0 Å². The topological polar surface area (TPSA) is 24.9 Å². The van der Waals surface area contributed by atoms with Gasteiger partial charge in [-0.05, 0) is 36.7 Å². The molecule has 1 aromatic heterocycles. The van der Waals surface area contributed by atoms with Crippen LogP contribution in [0.4, 0.5) is 8.78 Å². The molecule has 4 heteroatoms. The molecule has 2 aromatic rings. The number of nitrogens with one attached hydrogen (secondary N) is 1. The minimum atomic E-state index is -0.466. The fourth-order valence-electron chi connectivity index (χ4n) is 1.87. The van der Waals surface area contributed by atoms with Crippen LogP contribution in [0.15, 0.2) is 36.7 Å². The molecule has 0 saturated carbocycles. The van der Waals surface area contributed by atoms with Crippen LogP contribution in [0, 0.1) is 11.6 Å². The Balaban J connectivity index is 2.26. The maximum atomic E-state index is 13.8. The average molecular weight is 262 g/mol. The first kappa shape index (κ1) is 13.6. The Morgan fingerprint density at radius 2 is 2.00 bits per heavy atom. The summed E-state index contributed by atoms with van der Waals surface area (Å²) in [5.41, 5.74) is 1.80. The Labute approximate surface area is 111 Å². The smallest absolute Gasteiger partial charge is 0.142 e. The van der Waals surface area contributed by atoms with Crippen molar-refractivity contribution in [1.29, 1.82) is 0 Å². The zero-order chi connectivity index (χ0) is 13.7. The van der Waals surface area contributed by atoms with Crippen molar-refractivity contribution in [3.8, 4) is 11.1 Å². The number of rotatable bonds is 5. The van der Waals surface area contributed by atoms with Gasteiger partial charge >= 0.3 is 0 Å². The van der Waals surface area contributed by atoms with Crippen LogP contribution in [-0.2, 0) is 6.54 Å². The van der Waals surface area contributed by atoms with E-state index in [0.29, 0.717) is 17.7 Å². The van der Waals surface area contributed by atoms with E-state index in [1.807, 2.05) is 0 Å². The van der Waals surface area contributed by atoms with E-state index in [2.05, 4.69) is 17.2 Å². The van der Waals surface area contributed by atoms with Crippen LogP contribution in [0.1, 0.15) is 18.9 Å². The molecule has 0 atom stereocenters. The Morgan fingerprint density at radius 1 is 1.16 bits per heavy atom. The lowest BCUT2D eigenvalue weighted by Crippen LogP contribution is -2.13. The van der Waals surface area contributed by atoms with Crippen molar-refractivity contribution >= 4 is 0 Å². The summed E-state index contributed by atoms with van der Waals surface area (Å²) in [4.78, 5) is 3.75. The first-order valence-electron chi connectivity index (χ1n) is 6.30. The van der Waals surface area contributed by atoms with E-state index in [-0.39, 0.29) is 5.82 Å². The number of aromatic nitrogens is 1. The molecule has 0 aliphatic heterocycles. The van der Waals surface area contributed by atoms with E-state index in [0.717, 1.165) is 24.7 Å². The number of nitrogens with zero attached hydrogens (tertiary/aromatic N) is 1. The van der Waals surface area contributed by atoms with E-state index < -0.39 is 5.82 Å². The van der Waals surface area contributed by atoms with E-state index in [4.69, 9.17) is 0 Å². The monoisotopic (exact) mass is 262 g/mol. The molecule has 0 fully saturated rings. The molecular weight excluding hydrogens is 246 g/mol. The minimum absolute atomic E-state index is 0.369. The second kappa shape index (κ2) is 6.38. The van der Waals surface area contributed by atoms with Gasteiger partial charge in [0.25, 0.3) is 0 Å². The van der Waals surface area contributed by atoms with Crippen molar-refractivity contribution in [2.75, 3.05) is 6.54 Å². The molecule has 0 radical (unpaired) electrons. The van der Waals surface area contributed by atoms with E-state index >= 15 is 0 Å².